The number of amides is 2. The average Bonchev–Trinajstić information content (AvgIpc) is 2.73. The summed E-state index contributed by atoms with van der Waals surface area (Å²) >= 11 is 0. The minimum absolute atomic E-state index is 0.0426. The van der Waals surface area contributed by atoms with E-state index in [4.69, 9.17) is 9.47 Å². The summed E-state index contributed by atoms with van der Waals surface area (Å²) in [6, 6.07) is 0. The van der Waals surface area contributed by atoms with Crippen LogP contribution in [0.1, 0.15) is 19.8 Å². The molecule has 1 heterocycles. The van der Waals surface area contributed by atoms with Crippen LogP contribution in [0.2, 0.25) is 0 Å². The molecule has 2 amide bonds. The number of hydrogen-bond donors (Lipinski definition) is 0. The van der Waals surface area contributed by atoms with E-state index in [0.29, 0.717) is 23.2 Å². The number of hydrogen-bond acceptors (Lipinski definition) is 9. The van der Waals surface area contributed by atoms with Crippen molar-refractivity contribution in [3.63, 3.8) is 0 Å². The van der Waals surface area contributed by atoms with Crippen molar-refractivity contribution in [1.82, 2.24) is 5.06 Å². The van der Waals surface area contributed by atoms with Crippen LogP contribution in [0, 0.1) is 0 Å². The highest BCUT2D eigenvalue weighted by Gasteiger charge is 2.33. The first-order valence-electron chi connectivity index (χ1n) is 6.09. The molecule has 1 aliphatic rings. The second kappa shape index (κ2) is 9.50. The van der Waals surface area contributed by atoms with Gasteiger partial charge in [0.05, 0.1) is 0 Å². The Labute approximate surface area is 129 Å². The fourth-order valence-corrected chi connectivity index (χ4v) is 2.91. The summed E-state index contributed by atoms with van der Waals surface area (Å²) in [5.74, 6) is -0.287. The molecule has 0 N–H and O–H groups in total. The minimum Gasteiger partial charge on any atom is -0.465 e. The molecular formula is C11H15NO7S2. The largest absolute Gasteiger partial charge is 0.533 e. The monoisotopic (exact) mass is 337 g/mol. The molecule has 10 heteroatoms. The SMILES string of the molecule is CC(=O)OCCSSCCOC(=O)ON1C(=O)CCC1=O. The summed E-state index contributed by atoms with van der Waals surface area (Å²) in [4.78, 5) is 48.6. The van der Waals surface area contributed by atoms with Crippen molar-refractivity contribution >= 4 is 45.5 Å². The van der Waals surface area contributed by atoms with Gasteiger partial charge in [0.2, 0.25) is 0 Å². The third-order valence-corrected chi connectivity index (χ3v) is 4.45. The Bertz CT molecular complexity index is 399. The molecule has 1 rings (SSSR count). The lowest BCUT2D eigenvalue weighted by molar-refractivity contribution is -0.176. The number of imide groups is 1. The molecule has 0 atom stereocenters. The van der Waals surface area contributed by atoms with Gasteiger partial charge in [-0.3, -0.25) is 19.2 Å². The Morgan fingerprint density at radius 3 is 2.10 bits per heavy atom. The molecule has 0 saturated carbocycles. The number of carbonyl (C=O) groups excluding carboxylic acids is 4. The Hall–Kier alpha value is -1.42. The third kappa shape index (κ3) is 7.23. The molecule has 0 unspecified atom stereocenters. The van der Waals surface area contributed by atoms with Crippen LogP contribution < -0.4 is 0 Å². The van der Waals surface area contributed by atoms with Gasteiger partial charge in [0.15, 0.2) is 0 Å². The molecule has 0 bridgehead atoms. The summed E-state index contributed by atoms with van der Waals surface area (Å²) in [5, 5.41) is 0.434. The number of nitrogens with zero attached hydrogens (tertiary/aromatic N) is 1. The van der Waals surface area contributed by atoms with E-state index in [1.54, 1.807) is 0 Å². The first kappa shape index (κ1) is 17.6. The molecule has 1 fully saturated rings. The van der Waals surface area contributed by atoms with Gasteiger partial charge in [-0.25, -0.2) is 4.79 Å². The van der Waals surface area contributed by atoms with Gasteiger partial charge in [0.1, 0.15) is 13.2 Å². The quantitative estimate of drug-likeness (QED) is 0.279. The summed E-state index contributed by atoms with van der Waals surface area (Å²) in [6.07, 6.45) is -0.994. The van der Waals surface area contributed by atoms with Crippen LogP contribution in [0.25, 0.3) is 0 Å². The van der Waals surface area contributed by atoms with Gasteiger partial charge in [-0.05, 0) is 0 Å². The average molecular weight is 337 g/mol. The zero-order valence-corrected chi connectivity index (χ0v) is 13.0. The van der Waals surface area contributed by atoms with E-state index in [1.807, 2.05) is 0 Å². The predicted octanol–water partition coefficient (Wildman–Crippen LogP) is 1.15. The molecule has 8 nitrogen and oxygen atoms in total. The highest BCUT2D eigenvalue weighted by molar-refractivity contribution is 8.76. The van der Waals surface area contributed by atoms with Crippen LogP contribution in [-0.4, -0.2) is 53.7 Å². The van der Waals surface area contributed by atoms with E-state index in [-0.39, 0.29) is 25.4 Å². The Morgan fingerprint density at radius 2 is 1.57 bits per heavy atom. The smallest absolute Gasteiger partial charge is 0.465 e. The van der Waals surface area contributed by atoms with Gasteiger partial charge >= 0.3 is 12.1 Å². The lowest BCUT2D eigenvalue weighted by Gasteiger charge is -2.12. The highest BCUT2D eigenvalue weighted by atomic mass is 33.1. The molecule has 0 aromatic heterocycles. The highest BCUT2D eigenvalue weighted by Crippen LogP contribution is 2.20. The second-order valence-electron chi connectivity index (χ2n) is 3.76. The maximum Gasteiger partial charge on any atom is 0.533 e. The Balaban J connectivity index is 2.00. The van der Waals surface area contributed by atoms with Crippen LogP contribution in [0.3, 0.4) is 0 Å². The van der Waals surface area contributed by atoms with E-state index in [0.717, 1.165) is 0 Å². The van der Waals surface area contributed by atoms with Crippen molar-refractivity contribution in [2.45, 2.75) is 19.8 Å². The van der Waals surface area contributed by atoms with E-state index in [1.165, 1.54) is 28.5 Å². The molecule has 0 aliphatic carbocycles. The first-order valence-corrected chi connectivity index (χ1v) is 8.58. The number of hydroxylamine groups is 2. The summed E-state index contributed by atoms with van der Waals surface area (Å²) < 4.78 is 9.45. The van der Waals surface area contributed by atoms with Crippen LogP contribution in [-0.2, 0) is 28.7 Å². The predicted molar refractivity (Wildman–Crippen MR) is 75.1 cm³/mol. The van der Waals surface area contributed by atoms with E-state index in [9.17, 15) is 19.2 Å². The van der Waals surface area contributed by atoms with Crippen molar-refractivity contribution in [2.75, 3.05) is 24.7 Å². The first-order chi connectivity index (χ1) is 10.0. The molecule has 0 aromatic carbocycles. The van der Waals surface area contributed by atoms with Gasteiger partial charge in [-0.15, -0.1) is 0 Å². The van der Waals surface area contributed by atoms with E-state index < -0.39 is 18.0 Å². The maximum absolute atomic E-state index is 11.2. The maximum atomic E-state index is 11.2. The lowest BCUT2D eigenvalue weighted by atomic mass is 10.4. The van der Waals surface area contributed by atoms with Crippen LogP contribution in [0.5, 0.6) is 0 Å². The Morgan fingerprint density at radius 1 is 1.05 bits per heavy atom. The van der Waals surface area contributed by atoms with Crippen LogP contribution in [0.15, 0.2) is 0 Å². The zero-order chi connectivity index (χ0) is 15.7. The van der Waals surface area contributed by atoms with Crippen molar-refractivity contribution in [3.05, 3.63) is 0 Å². The van der Waals surface area contributed by atoms with E-state index in [2.05, 4.69) is 4.84 Å². The number of esters is 1. The van der Waals surface area contributed by atoms with Gasteiger partial charge < -0.3 is 9.47 Å². The van der Waals surface area contributed by atoms with Gasteiger partial charge in [0, 0.05) is 31.3 Å². The van der Waals surface area contributed by atoms with Gasteiger partial charge in [-0.1, -0.05) is 26.7 Å². The van der Waals surface area contributed by atoms with E-state index >= 15 is 0 Å². The van der Waals surface area contributed by atoms with Crippen LogP contribution >= 0.6 is 21.6 Å². The van der Waals surface area contributed by atoms with Crippen molar-refractivity contribution < 1.29 is 33.5 Å². The molecule has 118 valence electrons. The summed E-state index contributed by atoms with van der Waals surface area (Å²) in [7, 11) is 2.91. The lowest BCUT2D eigenvalue weighted by Crippen LogP contribution is -2.32. The van der Waals surface area contributed by atoms with Crippen LogP contribution in [0.4, 0.5) is 4.79 Å². The van der Waals surface area contributed by atoms with Crippen molar-refractivity contribution in [2.24, 2.45) is 0 Å². The number of carbonyl (C=O) groups is 4. The molecular weight excluding hydrogens is 322 g/mol. The molecule has 0 aromatic rings. The third-order valence-electron chi connectivity index (χ3n) is 2.11. The summed E-state index contributed by atoms with van der Waals surface area (Å²) in [6.45, 7) is 1.75. The normalized spacial score (nSPS) is 14.2. The molecule has 0 spiro atoms. The molecule has 21 heavy (non-hydrogen) atoms. The minimum atomic E-state index is -1.08. The standard InChI is InChI=1S/C11H15NO7S2/c1-8(13)17-4-6-20-21-7-5-18-11(16)19-12-9(14)2-3-10(12)15/h2-7H2,1H3. The fourth-order valence-electron chi connectivity index (χ4n) is 1.26. The van der Waals surface area contributed by atoms with Crippen molar-refractivity contribution in [1.29, 1.82) is 0 Å². The number of rotatable bonds is 8. The fraction of sp³-hybridized carbons (Fsp3) is 0.636. The Kier molecular flexibility index (Phi) is 7.98. The zero-order valence-electron chi connectivity index (χ0n) is 11.4. The van der Waals surface area contributed by atoms with Crippen molar-refractivity contribution in [3.8, 4) is 0 Å². The molecule has 1 saturated heterocycles. The summed E-state index contributed by atoms with van der Waals surface area (Å²) in [5.41, 5.74) is 0. The molecule has 1 aliphatic heterocycles. The number of ether oxygens (including phenoxy) is 2. The van der Waals surface area contributed by atoms with Gasteiger partial charge in [0.25, 0.3) is 11.8 Å². The molecule has 0 radical (unpaired) electrons. The van der Waals surface area contributed by atoms with Gasteiger partial charge in [-0.2, -0.15) is 0 Å². The topological polar surface area (TPSA) is 99.2 Å². The second-order valence-corrected chi connectivity index (χ2v) is 6.46.